The summed E-state index contributed by atoms with van der Waals surface area (Å²) in [5.41, 5.74) is 0.797. The maximum atomic E-state index is 12.2. The summed E-state index contributed by atoms with van der Waals surface area (Å²) in [6.07, 6.45) is 0.526. The van der Waals surface area contributed by atoms with E-state index in [0.717, 1.165) is 0 Å². The van der Waals surface area contributed by atoms with Crippen molar-refractivity contribution in [3.8, 4) is 0 Å². The Morgan fingerprint density at radius 1 is 1.05 bits per heavy atom. The fourth-order valence-electron chi connectivity index (χ4n) is 1.77. The fourth-order valence-corrected chi connectivity index (χ4v) is 1.77. The van der Waals surface area contributed by atoms with Gasteiger partial charge in [0, 0.05) is 25.9 Å². The SMILES string of the molecule is CN(C)C(=O)[C@@H](OC(=O)c1ccccn1)c1ccccc1. The molecule has 0 bridgehead atoms. The Labute approximate surface area is 123 Å². The van der Waals surface area contributed by atoms with Crippen molar-refractivity contribution in [1.29, 1.82) is 0 Å². The van der Waals surface area contributed by atoms with E-state index in [-0.39, 0.29) is 11.6 Å². The molecule has 5 heteroatoms. The van der Waals surface area contributed by atoms with Crippen LogP contribution in [-0.2, 0) is 9.53 Å². The molecule has 0 spiro atoms. The van der Waals surface area contributed by atoms with Gasteiger partial charge in [-0.3, -0.25) is 4.79 Å². The Morgan fingerprint density at radius 2 is 1.71 bits per heavy atom. The number of pyridine rings is 1. The van der Waals surface area contributed by atoms with Crippen molar-refractivity contribution in [2.24, 2.45) is 0 Å². The second-order valence-electron chi connectivity index (χ2n) is 4.64. The zero-order valence-corrected chi connectivity index (χ0v) is 11.9. The number of aromatic nitrogens is 1. The molecule has 0 unspecified atom stereocenters. The standard InChI is InChI=1S/C16H16N2O3/c1-18(2)15(19)14(12-8-4-3-5-9-12)21-16(20)13-10-6-7-11-17-13/h3-11,14H,1-2H3/t14-/m0/s1. The van der Waals surface area contributed by atoms with Crippen molar-refractivity contribution in [2.75, 3.05) is 14.1 Å². The van der Waals surface area contributed by atoms with Crippen LogP contribution in [0.2, 0.25) is 0 Å². The summed E-state index contributed by atoms with van der Waals surface area (Å²) in [4.78, 5) is 29.7. The first-order chi connectivity index (χ1) is 10.1. The third kappa shape index (κ3) is 3.66. The lowest BCUT2D eigenvalue weighted by Gasteiger charge is -2.21. The largest absolute Gasteiger partial charge is 0.443 e. The molecule has 2 aromatic rings. The predicted molar refractivity (Wildman–Crippen MR) is 77.5 cm³/mol. The molecule has 1 amide bonds. The van der Waals surface area contributed by atoms with Crippen molar-refractivity contribution in [3.05, 3.63) is 66.0 Å². The van der Waals surface area contributed by atoms with Crippen LogP contribution in [-0.4, -0.2) is 35.9 Å². The van der Waals surface area contributed by atoms with Crippen LogP contribution in [0.25, 0.3) is 0 Å². The predicted octanol–water partition coefficient (Wildman–Crippen LogP) is 2.07. The third-order valence-corrected chi connectivity index (χ3v) is 2.87. The number of benzene rings is 1. The molecule has 0 N–H and O–H groups in total. The van der Waals surface area contributed by atoms with Crippen molar-refractivity contribution in [2.45, 2.75) is 6.10 Å². The van der Waals surface area contributed by atoms with Gasteiger partial charge in [0.15, 0.2) is 0 Å². The number of rotatable bonds is 4. The molecule has 5 nitrogen and oxygen atoms in total. The van der Waals surface area contributed by atoms with Gasteiger partial charge in [0.05, 0.1) is 0 Å². The van der Waals surface area contributed by atoms with Gasteiger partial charge >= 0.3 is 5.97 Å². The second-order valence-corrected chi connectivity index (χ2v) is 4.64. The topological polar surface area (TPSA) is 59.5 Å². The minimum atomic E-state index is -0.976. The highest BCUT2D eigenvalue weighted by Gasteiger charge is 2.27. The smallest absolute Gasteiger partial charge is 0.358 e. The summed E-state index contributed by atoms with van der Waals surface area (Å²) in [5.74, 6) is -0.926. The van der Waals surface area contributed by atoms with E-state index in [4.69, 9.17) is 4.74 Å². The zero-order chi connectivity index (χ0) is 15.2. The lowest BCUT2D eigenvalue weighted by molar-refractivity contribution is -0.138. The first kappa shape index (κ1) is 14.7. The highest BCUT2D eigenvalue weighted by atomic mass is 16.5. The van der Waals surface area contributed by atoms with Gasteiger partial charge in [-0.1, -0.05) is 36.4 Å². The normalized spacial score (nSPS) is 11.5. The van der Waals surface area contributed by atoms with Crippen LogP contribution >= 0.6 is 0 Å². The van der Waals surface area contributed by atoms with E-state index < -0.39 is 12.1 Å². The Kier molecular flexibility index (Phi) is 4.66. The van der Waals surface area contributed by atoms with Crippen LogP contribution in [0.3, 0.4) is 0 Å². The molecule has 0 radical (unpaired) electrons. The van der Waals surface area contributed by atoms with E-state index in [0.29, 0.717) is 5.56 Å². The number of carbonyl (C=O) groups excluding carboxylic acids is 2. The van der Waals surface area contributed by atoms with E-state index in [2.05, 4.69) is 4.98 Å². The lowest BCUT2D eigenvalue weighted by atomic mass is 10.1. The molecule has 1 aromatic carbocycles. The van der Waals surface area contributed by atoms with Crippen LogP contribution < -0.4 is 0 Å². The fraction of sp³-hybridized carbons (Fsp3) is 0.188. The number of likely N-dealkylation sites (N-methyl/N-ethyl adjacent to an activating group) is 1. The Bertz CT molecular complexity index is 612. The number of nitrogens with zero attached hydrogens (tertiary/aromatic N) is 2. The van der Waals surface area contributed by atoms with Crippen LogP contribution in [0, 0.1) is 0 Å². The van der Waals surface area contributed by atoms with Crippen LogP contribution in [0.5, 0.6) is 0 Å². The minimum absolute atomic E-state index is 0.171. The van der Waals surface area contributed by atoms with Crippen molar-refractivity contribution in [1.82, 2.24) is 9.88 Å². The summed E-state index contributed by atoms with van der Waals surface area (Å²) in [6.45, 7) is 0. The molecule has 1 heterocycles. The maximum Gasteiger partial charge on any atom is 0.358 e. The first-order valence-corrected chi connectivity index (χ1v) is 6.47. The molecule has 0 aliphatic rings. The van der Waals surface area contributed by atoms with Gasteiger partial charge in [0.2, 0.25) is 6.10 Å². The zero-order valence-electron chi connectivity index (χ0n) is 11.9. The van der Waals surface area contributed by atoms with Gasteiger partial charge < -0.3 is 9.64 Å². The number of carbonyl (C=O) groups is 2. The van der Waals surface area contributed by atoms with E-state index >= 15 is 0 Å². The Hall–Kier alpha value is -2.69. The number of hydrogen-bond donors (Lipinski definition) is 0. The Morgan fingerprint density at radius 3 is 2.29 bits per heavy atom. The van der Waals surface area contributed by atoms with Crippen LogP contribution in [0.15, 0.2) is 54.7 Å². The minimum Gasteiger partial charge on any atom is -0.443 e. The summed E-state index contributed by atoms with van der Waals surface area (Å²) < 4.78 is 5.35. The molecule has 0 aliphatic carbocycles. The van der Waals surface area contributed by atoms with E-state index in [1.54, 1.807) is 56.6 Å². The molecule has 108 valence electrons. The molecule has 1 atom stereocenters. The molecular formula is C16H16N2O3. The Balaban J connectivity index is 2.25. The van der Waals surface area contributed by atoms with Gasteiger partial charge in [0.1, 0.15) is 5.69 Å². The molecule has 21 heavy (non-hydrogen) atoms. The quantitative estimate of drug-likeness (QED) is 0.806. The molecule has 0 aliphatic heterocycles. The van der Waals surface area contributed by atoms with Crippen molar-refractivity contribution in [3.63, 3.8) is 0 Å². The van der Waals surface area contributed by atoms with Gasteiger partial charge in [-0.25, -0.2) is 9.78 Å². The van der Waals surface area contributed by atoms with Gasteiger partial charge in [0.25, 0.3) is 5.91 Å². The third-order valence-electron chi connectivity index (χ3n) is 2.87. The molecular weight excluding hydrogens is 268 g/mol. The highest BCUT2D eigenvalue weighted by molar-refractivity contribution is 5.91. The van der Waals surface area contributed by atoms with Crippen LogP contribution in [0.4, 0.5) is 0 Å². The number of amides is 1. The number of esters is 1. The van der Waals surface area contributed by atoms with E-state index in [1.807, 2.05) is 6.07 Å². The molecule has 0 saturated heterocycles. The van der Waals surface area contributed by atoms with Gasteiger partial charge in [-0.2, -0.15) is 0 Å². The number of ether oxygens (including phenoxy) is 1. The monoisotopic (exact) mass is 284 g/mol. The summed E-state index contributed by atoms with van der Waals surface area (Å²) in [6, 6.07) is 13.9. The first-order valence-electron chi connectivity index (χ1n) is 6.47. The molecule has 0 saturated carbocycles. The summed E-state index contributed by atoms with van der Waals surface area (Å²) in [5, 5.41) is 0. The van der Waals surface area contributed by atoms with Crippen molar-refractivity contribution < 1.29 is 14.3 Å². The molecule has 2 rings (SSSR count). The average molecular weight is 284 g/mol. The van der Waals surface area contributed by atoms with Gasteiger partial charge in [-0.05, 0) is 12.1 Å². The summed E-state index contributed by atoms with van der Waals surface area (Å²) >= 11 is 0. The maximum absolute atomic E-state index is 12.2. The average Bonchev–Trinajstić information content (AvgIpc) is 2.53. The summed E-state index contributed by atoms with van der Waals surface area (Å²) in [7, 11) is 3.24. The van der Waals surface area contributed by atoms with E-state index in [9.17, 15) is 9.59 Å². The number of hydrogen-bond acceptors (Lipinski definition) is 4. The van der Waals surface area contributed by atoms with Crippen molar-refractivity contribution >= 4 is 11.9 Å². The van der Waals surface area contributed by atoms with Gasteiger partial charge in [-0.15, -0.1) is 0 Å². The lowest BCUT2D eigenvalue weighted by Crippen LogP contribution is -2.31. The molecule has 0 fully saturated rings. The van der Waals surface area contributed by atoms with E-state index in [1.165, 1.54) is 11.1 Å². The molecule has 1 aromatic heterocycles. The second kappa shape index (κ2) is 6.65. The van der Waals surface area contributed by atoms with Crippen LogP contribution in [0.1, 0.15) is 22.2 Å². The highest BCUT2D eigenvalue weighted by Crippen LogP contribution is 2.20.